The quantitative estimate of drug-likeness (QED) is 0.560. The van der Waals surface area contributed by atoms with Gasteiger partial charge in [-0.1, -0.05) is 0 Å². The summed E-state index contributed by atoms with van der Waals surface area (Å²) in [6.07, 6.45) is 3.09. The molecule has 0 aliphatic rings. The van der Waals surface area contributed by atoms with E-state index in [0.29, 0.717) is 18.8 Å². The maximum atomic E-state index is 12.5. The van der Waals surface area contributed by atoms with Gasteiger partial charge >= 0.3 is 5.69 Å². The molecule has 2 aromatic heterocycles. The molecule has 124 valence electrons. The molecule has 2 heterocycles. The summed E-state index contributed by atoms with van der Waals surface area (Å²) in [5.41, 5.74) is 0.229. The zero-order valence-electron chi connectivity index (χ0n) is 13.1. The van der Waals surface area contributed by atoms with Gasteiger partial charge in [0.25, 0.3) is 5.91 Å². The first-order valence-corrected chi connectivity index (χ1v) is 7.85. The first-order valence-electron chi connectivity index (χ1n) is 7.06. The van der Waals surface area contributed by atoms with Crippen molar-refractivity contribution < 1.29 is 9.72 Å². The molecule has 9 nitrogen and oxygen atoms in total. The monoisotopic (exact) mass is 384 g/mol. The molecule has 0 bridgehead atoms. The number of amides is 1. The molecule has 0 aromatic carbocycles. The minimum absolute atomic E-state index is 0.162. The number of hydrogen-bond donors (Lipinski definition) is 0. The summed E-state index contributed by atoms with van der Waals surface area (Å²) >= 11 is 3.40. The van der Waals surface area contributed by atoms with Crippen molar-refractivity contribution in [1.29, 1.82) is 0 Å². The molecule has 0 aliphatic heterocycles. The normalized spacial score (nSPS) is 10.8. The summed E-state index contributed by atoms with van der Waals surface area (Å²) in [6.45, 7) is 5.14. The van der Waals surface area contributed by atoms with E-state index in [0.717, 1.165) is 4.47 Å². The molecule has 0 saturated carbocycles. The van der Waals surface area contributed by atoms with Crippen LogP contribution in [0.5, 0.6) is 0 Å². The zero-order valence-corrected chi connectivity index (χ0v) is 14.6. The Balaban J connectivity index is 2.24. The standard InChI is InChI=1S/C13H17BrN6O3/c1-4-18-6-9(14)10(15-18)7-17(3)13(21)12-11(20(22)23)8-19(5-2)16-12/h6,8H,4-5,7H2,1-3H3. The van der Waals surface area contributed by atoms with Gasteiger partial charge in [0.05, 0.1) is 21.6 Å². The summed E-state index contributed by atoms with van der Waals surface area (Å²) in [5, 5.41) is 19.4. The van der Waals surface area contributed by atoms with Crippen LogP contribution in [0.1, 0.15) is 30.0 Å². The Labute approximate surface area is 141 Å². The average molecular weight is 385 g/mol. The van der Waals surface area contributed by atoms with Gasteiger partial charge in [0, 0.05) is 26.3 Å². The SMILES string of the molecule is CCn1cc(Br)c(CN(C)C(=O)c2nn(CC)cc2[N+](=O)[O-])n1. The van der Waals surface area contributed by atoms with Crippen LogP contribution in [0.3, 0.4) is 0 Å². The summed E-state index contributed by atoms with van der Waals surface area (Å²) in [5.74, 6) is -0.512. The first kappa shape index (κ1) is 17.1. The van der Waals surface area contributed by atoms with Crippen LogP contribution in [-0.2, 0) is 19.6 Å². The van der Waals surface area contributed by atoms with E-state index < -0.39 is 10.8 Å². The fourth-order valence-electron chi connectivity index (χ4n) is 2.04. The predicted octanol–water partition coefficient (Wildman–Crippen LogP) is 2.06. The van der Waals surface area contributed by atoms with E-state index in [1.807, 2.05) is 13.1 Å². The predicted molar refractivity (Wildman–Crippen MR) is 86.0 cm³/mol. The fraction of sp³-hybridized carbons (Fsp3) is 0.462. The number of rotatable bonds is 6. The van der Waals surface area contributed by atoms with Gasteiger partial charge in [0.2, 0.25) is 5.69 Å². The number of halogens is 1. The molecule has 0 radical (unpaired) electrons. The summed E-state index contributed by atoms with van der Waals surface area (Å²) in [7, 11) is 1.56. The smallest absolute Gasteiger partial charge is 0.320 e. The molecule has 0 aliphatic carbocycles. The minimum Gasteiger partial charge on any atom is -0.334 e. The van der Waals surface area contributed by atoms with Crippen molar-refractivity contribution >= 4 is 27.5 Å². The van der Waals surface area contributed by atoms with Crippen molar-refractivity contribution in [2.75, 3.05) is 7.05 Å². The van der Waals surface area contributed by atoms with Gasteiger partial charge < -0.3 is 4.90 Å². The molecule has 0 fully saturated rings. The topological polar surface area (TPSA) is 99.1 Å². The largest absolute Gasteiger partial charge is 0.334 e. The molecule has 1 amide bonds. The molecular weight excluding hydrogens is 368 g/mol. The van der Waals surface area contributed by atoms with Crippen molar-refractivity contribution in [3.63, 3.8) is 0 Å². The third kappa shape index (κ3) is 3.58. The molecule has 0 unspecified atom stereocenters. The summed E-state index contributed by atoms with van der Waals surface area (Å²) < 4.78 is 3.90. The molecule has 10 heteroatoms. The molecule has 0 saturated heterocycles. The Kier molecular flexibility index (Phi) is 5.14. The van der Waals surface area contributed by atoms with E-state index in [-0.39, 0.29) is 17.9 Å². The van der Waals surface area contributed by atoms with Crippen LogP contribution in [0, 0.1) is 10.1 Å². The molecular formula is C13H17BrN6O3. The van der Waals surface area contributed by atoms with Crippen molar-refractivity contribution in [1.82, 2.24) is 24.5 Å². The third-order valence-corrected chi connectivity index (χ3v) is 3.97. The molecule has 0 atom stereocenters. The lowest BCUT2D eigenvalue weighted by Gasteiger charge is -2.14. The average Bonchev–Trinajstić information content (AvgIpc) is 3.10. The number of nitrogens with zero attached hydrogens (tertiary/aromatic N) is 6. The van der Waals surface area contributed by atoms with E-state index in [4.69, 9.17) is 0 Å². The molecule has 2 aromatic rings. The number of aromatic nitrogens is 4. The van der Waals surface area contributed by atoms with E-state index in [2.05, 4.69) is 26.1 Å². The Morgan fingerprint density at radius 2 is 1.91 bits per heavy atom. The van der Waals surface area contributed by atoms with Gasteiger partial charge in [-0.05, 0) is 29.8 Å². The Bertz CT molecular complexity index is 738. The van der Waals surface area contributed by atoms with Gasteiger partial charge in [0.1, 0.15) is 6.20 Å². The number of aryl methyl sites for hydroxylation is 2. The maximum absolute atomic E-state index is 12.5. The molecule has 2 rings (SSSR count). The van der Waals surface area contributed by atoms with E-state index in [1.54, 1.807) is 18.7 Å². The zero-order chi connectivity index (χ0) is 17.1. The van der Waals surface area contributed by atoms with Crippen molar-refractivity contribution in [2.45, 2.75) is 33.5 Å². The maximum Gasteiger partial charge on any atom is 0.320 e. The molecule has 0 spiro atoms. The van der Waals surface area contributed by atoms with Gasteiger partial charge in [-0.25, -0.2) is 0 Å². The van der Waals surface area contributed by atoms with Crippen molar-refractivity contribution in [3.8, 4) is 0 Å². The van der Waals surface area contributed by atoms with Crippen LogP contribution in [0.25, 0.3) is 0 Å². The second-order valence-corrected chi connectivity index (χ2v) is 5.77. The van der Waals surface area contributed by atoms with Crippen molar-refractivity contribution in [2.24, 2.45) is 0 Å². The van der Waals surface area contributed by atoms with Gasteiger partial charge in [-0.15, -0.1) is 0 Å². The van der Waals surface area contributed by atoms with Crippen LogP contribution in [0.15, 0.2) is 16.9 Å². The second-order valence-electron chi connectivity index (χ2n) is 4.92. The van der Waals surface area contributed by atoms with Crippen LogP contribution >= 0.6 is 15.9 Å². The fourth-order valence-corrected chi connectivity index (χ4v) is 2.48. The first-order chi connectivity index (χ1) is 10.9. The highest BCUT2D eigenvalue weighted by Gasteiger charge is 2.28. The Morgan fingerprint density at radius 1 is 1.30 bits per heavy atom. The van der Waals surface area contributed by atoms with Gasteiger partial charge in [-0.3, -0.25) is 24.3 Å². The summed E-state index contributed by atoms with van der Waals surface area (Å²) in [6, 6.07) is 0. The lowest BCUT2D eigenvalue weighted by Crippen LogP contribution is -2.27. The highest BCUT2D eigenvalue weighted by Crippen LogP contribution is 2.21. The Hall–Kier alpha value is -2.23. The highest BCUT2D eigenvalue weighted by atomic mass is 79.9. The highest BCUT2D eigenvalue weighted by molar-refractivity contribution is 9.10. The lowest BCUT2D eigenvalue weighted by molar-refractivity contribution is -0.385. The molecule has 23 heavy (non-hydrogen) atoms. The number of hydrogen-bond acceptors (Lipinski definition) is 5. The van der Waals surface area contributed by atoms with Gasteiger partial charge in [0.15, 0.2) is 0 Å². The van der Waals surface area contributed by atoms with Gasteiger partial charge in [-0.2, -0.15) is 10.2 Å². The second kappa shape index (κ2) is 6.90. The van der Waals surface area contributed by atoms with Crippen LogP contribution < -0.4 is 0 Å². The van der Waals surface area contributed by atoms with Crippen LogP contribution in [0.4, 0.5) is 5.69 Å². The van der Waals surface area contributed by atoms with Crippen molar-refractivity contribution in [3.05, 3.63) is 38.4 Å². The minimum atomic E-state index is -0.595. The van der Waals surface area contributed by atoms with Crippen LogP contribution in [-0.4, -0.2) is 42.3 Å². The van der Waals surface area contributed by atoms with E-state index in [1.165, 1.54) is 15.8 Å². The Morgan fingerprint density at radius 3 is 2.43 bits per heavy atom. The van der Waals surface area contributed by atoms with E-state index >= 15 is 0 Å². The number of nitro groups is 1. The van der Waals surface area contributed by atoms with Crippen LogP contribution in [0.2, 0.25) is 0 Å². The lowest BCUT2D eigenvalue weighted by atomic mass is 10.3. The number of carbonyl (C=O) groups is 1. The van der Waals surface area contributed by atoms with E-state index in [9.17, 15) is 14.9 Å². The molecule has 0 N–H and O–H groups in total. The number of carbonyl (C=O) groups excluding carboxylic acids is 1. The third-order valence-electron chi connectivity index (χ3n) is 3.31. The summed E-state index contributed by atoms with van der Waals surface area (Å²) in [4.78, 5) is 24.3.